The van der Waals surface area contributed by atoms with Crippen LogP contribution in [0.25, 0.3) is 99.2 Å². The fraction of sp³-hybridized carbons (Fsp3) is 0.325. The first-order valence-corrected chi connectivity index (χ1v) is 35.1. The SMILES string of the molecule is COCCN(CCOC)Cc1c(O)ccc2c(-c3cc4cc(Br)ccc4oc3=O)cc(=O)oc12.COCCN(CCOC)Cc1c(OCC(O)C(C)(C)O)ccc2c(-c3cc4ccccc4oc3=O)cc(=O)oc12.COCC[N+]([O-])(CCOC)Cc1c(O)ccc2c(-c3cc4ccccc4oc3=O)cc(=O)oc12. The third-order valence-electron chi connectivity index (χ3n) is 18.1. The molecule has 0 saturated heterocycles. The summed E-state index contributed by atoms with van der Waals surface area (Å²) < 4.78 is 70.4. The quantitative estimate of drug-likeness (QED) is 0.0178. The molecule has 0 aliphatic heterocycles. The predicted molar refractivity (Wildman–Crippen MR) is 410 cm³/mol. The predicted octanol–water partition coefficient (Wildman–Crippen LogP) is 10.7. The maximum atomic E-state index is 13.5. The van der Waals surface area contributed by atoms with Crippen LogP contribution in [0.1, 0.15) is 30.5 Å². The lowest BCUT2D eigenvalue weighted by Gasteiger charge is -2.42. The second kappa shape index (κ2) is 36.7. The first kappa shape index (κ1) is 80.5. The van der Waals surface area contributed by atoms with E-state index < -0.39 is 50.1 Å². The molecule has 28 heteroatoms. The Morgan fingerprint density at radius 1 is 0.454 bits per heavy atom. The smallest absolute Gasteiger partial charge is 0.344 e. The highest BCUT2D eigenvalue weighted by Gasteiger charge is 2.29. The van der Waals surface area contributed by atoms with Crippen LogP contribution in [-0.2, 0) is 48.1 Å². The van der Waals surface area contributed by atoms with Crippen molar-refractivity contribution in [1.82, 2.24) is 9.80 Å². The van der Waals surface area contributed by atoms with Gasteiger partial charge in [-0.05, 0) is 98.8 Å². The molecule has 6 heterocycles. The van der Waals surface area contributed by atoms with E-state index in [0.717, 1.165) is 4.47 Å². The van der Waals surface area contributed by atoms with E-state index in [9.17, 15) is 54.4 Å². The summed E-state index contributed by atoms with van der Waals surface area (Å²) in [7, 11) is 9.44. The number of hydrogen-bond acceptors (Lipinski definition) is 26. The zero-order chi connectivity index (χ0) is 77.4. The number of nitrogens with zero attached hydrogens (tertiary/aromatic N) is 3. The van der Waals surface area contributed by atoms with E-state index in [1.54, 1.807) is 113 Å². The molecule has 108 heavy (non-hydrogen) atoms. The monoisotopic (exact) mass is 1550 g/mol. The number of aliphatic hydroxyl groups is 2. The van der Waals surface area contributed by atoms with Gasteiger partial charge in [-0.3, -0.25) is 9.80 Å². The van der Waals surface area contributed by atoms with E-state index in [1.807, 2.05) is 29.2 Å². The maximum absolute atomic E-state index is 13.5. The molecule has 12 rings (SSSR count). The number of halogens is 1. The summed E-state index contributed by atoms with van der Waals surface area (Å²) in [6.07, 6.45) is -1.17. The number of hydrogen-bond donors (Lipinski definition) is 4. The van der Waals surface area contributed by atoms with Crippen molar-refractivity contribution in [3.8, 4) is 50.6 Å². The Morgan fingerprint density at radius 2 is 0.833 bits per heavy atom. The van der Waals surface area contributed by atoms with Crippen molar-refractivity contribution in [2.45, 2.75) is 45.2 Å². The molecule has 0 bridgehead atoms. The van der Waals surface area contributed by atoms with Crippen molar-refractivity contribution in [2.24, 2.45) is 0 Å². The van der Waals surface area contributed by atoms with Gasteiger partial charge in [0.2, 0.25) is 0 Å². The van der Waals surface area contributed by atoms with Gasteiger partial charge in [0.05, 0.1) is 78.6 Å². The first-order chi connectivity index (χ1) is 51.9. The summed E-state index contributed by atoms with van der Waals surface area (Å²) in [6.45, 7) is 7.94. The topological polar surface area (TPSA) is 356 Å². The van der Waals surface area contributed by atoms with Crippen LogP contribution in [0, 0.1) is 5.21 Å². The van der Waals surface area contributed by atoms with Crippen LogP contribution < -0.4 is 38.5 Å². The van der Waals surface area contributed by atoms with Crippen molar-refractivity contribution in [3.05, 3.63) is 228 Å². The second-order valence-electron chi connectivity index (χ2n) is 26.0. The largest absolute Gasteiger partial charge is 0.632 e. The number of aromatic hydroxyl groups is 2. The minimum absolute atomic E-state index is 0.0119. The van der Waals surface area contributed by atoms with Gasteiger partial charge in [-0.25, -0.2) is 28.8 Å². The number of rotatable bonds is 31. The second-order valence-corrected chi connectivity index (χ2v) is 26.9. The average molecular weight is 1550 g/mol. The summed E-state index contributed by atoms with van der Waals surface area (Å²) in [5, 5.41) is 58.9. The summed E-state index contributed by atoms with van der Waals surface area (Å²) in [5.74, 6) is 0.162. The van der Waals surface area contributed by atoms with E-state index in [2.05, 4.69) is 20.8 Å². The summed E-state index contributed by atoms with van der Waals surface area (Å²) in [4.78, 5) is 80.7. The molecule has 0 aliphatic rings. The Labute approximate surface area is 625 Å². The van der Waals surface area contributed by atoms with Crippen LogP contribution in [0.4, 0.5) is 0 Å². The highest BCUT2D eigenvalue weighted by molar-refractivity contribution is 9.10. The van der Waals surface area contributed by atoms with Crippen molar-refractivity contribution in [3.63, 3.8) is 0 Å². The molecule has 0 spiro atoms. The van der Waals surface area contributed by atoms with Crippen LogP contribution in [0.15, 0.2) is 199 Å². The van der Waals surface area contributed by atoms with Gasteiger partial charge in [-0.15, -0.1) is 0 Å². The van der Waals surface area contributed by atoms with Gasteiger partial charge in [0.15, 0.2) is 5.58 Å². The van der Waals surface area contributed by atoms with Crippen LogP contribution in [0.5, 0.6) is 17.2 Å². The van der Waals surface area contributed by atoms with Gasteiger partial charge in [0, 0.05) is 154 Å². The lowest BCUT2D eigenvalue weighted by molar-refractivity contribution is -0.894. The molecule has 4 N–H and O–H groups in total. The number of phenols is 2. The van der Waals surface area contributed by atoms with Gasteiger partial charge in [0.1, 0.15) is 77.5 Å². The van der Waals surface area contributed by atoms with E-state index in [4.69, 9.17) is 59.7 Å². The molecule has 0 aliphatic carbocycles. The minimum atomic E-state index is -1.39. The van der Waals surface area contributed by atoms with Gasteiger partial charge < -0.3 is 89.9 Å². The van der Waals surface area contributed by atoms with Gasteiger partial charge in [-0.2, -0.15) is 0 Å². The highest BCUT2D eigenvalue weighted by atomic mass is 79.9. The Kier molecular flexibility index (Phi) is 27.4. The molecule has 0 amide bonds. The zero-order valence-corrected chi connectivity index (χ0v) is 62.4. The Morgan fingerprint density at radius 3 is 1.27 bits per heavy atom. The summed E-state index contributed by atoms with van der Waals surface area (Å²) in [6, 6.07) is 37.8. The Balaban J connectivity index is 0.000000174. The number of ether oxygens (including phenoxy) is 7. The third-order valence-corrected chi connectivity index (χ3v) is 18.6. The normalized spacial score (nSPS) is 12.2. The first-order valence-electron chi connectivity index (χ1n) is 34.3. The number of hydroxylamine groups is 3. The minimum Gasteiger partial charge on any atom is -0.632 e. The van der Waals surface area contributed by atoms with Crippen molar-refractivity contribution < 1.29 is 84.7 Å². The Hall–Kier alpha value is -10.0. The molecule has 570 valence electrons. The van der Waals surface area contributed by atoms with Crippen LogP contribution in [0.3, 0.4) is 0 Å². The van der Waals surface area contributed by atoms with Crippen LogP contribution >= 0.6 is 15.9 Å². The van der Waals surface area contributed by atoms with Crippen molar-refractivity contribution in [2.75, 3.05) is 128 Å². The number of quaternary nitrogens is 1. The van der Waals surface area contributed by atoms with Gasteiger partial charge >= 0.3 is 33.8 Å². The molecular weight excluding hydrogens is 1470 g/mol. The zero-order valence-electron chi connectivity index (χ0n) is 60.8. The number of fused-ring (bicyclic) bond motifs is 6. The average Bonchev–Trinajstić information content (AvgIpc) is 0.768. The van der Waals surface area contributed by atoms with Crippen molar-refractivity contribution >= 4 is 81.7 Å². The number of phenolic OH excluding ortho intramolecular Hbond substituents is 2. The lowest BCUT2D eigenvalue weighted by Crippen LogP contribution is -2.46. The highest BCUT2D eigenvalue weighted by Crippen LogP contribution is 2.39. The number of para-hydroxylation sites is 2. The summed E-state index contributed by atoms with van der Waals surface area (Å²) in [5.41, 5.74) is -0.522. The Bertz CT molecular complexity index is 5500. The molecule has 0 saturated carbocycles. The lowest BCUT2D eigenvalue weighted by atomic mass is 9.99. The molecule has 0 fully saturated rings. The fourth-order valence-corrected chi connectivity index (χ4v) is 12.5. The third kappa shape index (κ3) is 19.6. The van der Waals surface area contributed by atoms with E-state index >= 15 is 0 Å². The van der Waals surface area contributed by atoms with E-state index in [-0.39, 0.29) is 96.5 Å². The molecule has 0 radical (unpaired) electrons. The standard InChI is InChI=1S/C30H35NO9.C25H24BrNO7.C25H25NO8/c1-30(2,35)26(32)18-38-25-10-9-20-21(22-15-19-7-5-6-8-24(19)39-29(22)34)16-27(33)40-28(20)23(25)17-31(11-13-36-3)12-14-37-4;1-31-9-7-27(8-10-32-2)14-20-21(28)5-4-17-18(13-23(29)34-24(17)20)19-12-15-11-16(26)3-6-22(15)33-25(19)30;1-31-11-9-26(30,10-12-32-2)15-20-21(27)8-7-17-18(14-23(28)34-24(17)20)19-13-16-5-3-4-6-22(16)33-25(19)29/h5-10,15-16,26,32,35H,11-14,17-18H2,1-4H3;3-6,11-13,28H,7-10,14H2,1-2H3;3-8,13-14,27H,9-12,15H2,1-2H3. The number of methoxy groups -OCH3 is 6. The number of benzene rings is 6. The molecule has 12 aromatic rings. The van der Waals surface area contributed by atoms with E-state index in [1.165, 1.54) is 58.4 Å². The fourth-order valence-electron chi connectivity index (χ4n) is 12.2. The van der Waals surface area contributed by atoms with Crippen LogP contribution in [-0.4, -0.2) is 175 Å². The molecule has 6 aromatic carbocycles. The molecule has 27 nitrogen and oxygen atoms in total. The molecule has 1 unspecified atom stereocenters. The van der Waals surface area contributed by atoms with Crippen molar-refractivity contribution in [1.29, 1.82) is 0 Å². The molecular formula is C80H84BrN3O24. The summed E-state index contributed by atoms with van der Waals surface area (Å²) >= 11 is 3.42. The van der Waals surface area contributed by atoms with Gasteiger partial charge in [-0.1, -0.05) is 52.3 Å². The van der Waals surface area contributed by atoms with Crippen LogP contribution in [0.2, 0.25) is 0 Å². The molecule has 6 aromatic heterocycles. The molecule has 1 atom stereocenters. The maximum Gasteiger partial charge on any atom is 0.344 e. The van der Waals surface area contributed by atoms with Gasteiger partial charge in [0.25, 0.3) is 0 Å². The van der Waals surface area contributed by atoms with E-state index in [0.29, 0.717) is 142 Å². The number of aliphatic hydroxyl groups excluding tert-OH is 1.